The molecule has 0 aromatic carbocycles. The maximum atomic E-state index is 5.20. The van der Waals surface area contributed by atoms with Gasteiger partial charge in [0.25, 0.3) is 0 Å². The number of ether oxygens (including phenoxy) is 1. The van der Waals surface area contributed by atoms with Gasteiger partial charge >= 0.3 is 0 Å². The second-order valence-electron chi connectivity index (χ2n) is 7.96. The van der Waals surface area contributed by atoms with E-state index in [4.69, 9.17) is 4.74 Å². The van der Waals surface area contributed by atoms with Gasteiger partial charge in [-0.1, -0.05) is 77.6 Å². The quantitative estimate of drug-likeness (QED) is 0.283. The summed E-state index contributed by atoms with van der Waals surface area (Å²) in [6, 6.07) is 0. The van der Waals surface area contributed by atoms with Crippen molar-refractivity contribution in [3.63, 3.8) is 0 Å². The van der Waals surface area contributed by atoms with E-state index >= 15 is 0 Å². The molecule has 0 radical (unpaired) electrons. The van der Waals surface area contributed by atoms with Crippen LogP contribution in [0.2, 0.25) is 0 Å². The summed E-state index contributed by atoms with van der Waals surface area (Å²) in [6.07, 6.45) is 21.4. The summed E-state index contributed by atoms with van der Waals surface area (Å²) in [6.45, 7) is 7.15. The van der Waals surface area contributed by atoms with Gasteiger partial charge in [0.05, 0.1) is 0 Å². The van der Waals surface area contributed by atoms with Gasteiger partial charge in [-0.05, 0) is 51.2 Å². The van der Waals surface area contributed by atoms with Gasteiger partial charge in [0.15, 0.2) is 0 Å². The summed E-state index contributed by atoms with van der Waals surface area (Å²) in [4.78, 5) is 2.74. The van der Waals surface area contributed by atoms with E-state index < -0.39 is 0 Å². The lowest BCUT2D eigenvalue weighted by molar-refractivity contribution is 0.182. The molecule has 1 fully saturated rings. The largest absolute Gasteiger partial charge is 0.385 e. The van der Waals surface area contributed by atoms with Crippen molar-refractivity contribution in [1.29, 1.82) is 0 Å². The van der Waals surface area contributed by atoms with Crippen LogP contribution in [0.5, 0.6) is 0 Å². The molecule has 24 heavy (non-hydrogen) atoms. The van der Waals surface area contributed by atoms with Crippen LogP contribution in [0.1, 0.15) is 103 Å². The molecular weight excluding hydrogens is 294 g/mol. The molecule has 1 aliphatic carbocycles. The van der Waals surface area contributed by atoms with Crippen LogP contribution in [0, 0.1) is 5.92 Å². The molecule has 2 heteroatoms. The molecule has 144 valence electrons. The van der Waals surface area contributed by atoms with Gasteiger partial charge in [0, 0.05) is 13.7 Å². The molecule has 0 aromatic rings. The van der Waals surface area contributed by atoms with Crippen LogP contribution in [0.15, 0.2) is 0 Å². The summed E-state index contributed by atoms with van der Waals surface area (Å²) in [7, 11) is 1.82. The van der Waals surface area contributed by atoms with E-state index in [9.17, 15) is 0 Å². The monoisotopic (exact) mass is 339 g/mol. The van der Waals surface area contributed by atoms with Crippen LogP contribution in [-0.2, 0) is 4.74 Å². The standard InChI is InChI=1S/C22H45NO/c1-3-4-5-6-7-11-18-23(20-13-14-21-24-2)19-12-10-17-22-15-8-9-16-22/h22H,3-21H2,1-2H3. The molecule has 0 unspecified atom stereocenters. The van der Waals surface area contributed by atoms with Crippen LogP contribution in [-0.4, -0.2) is 38.3 Å². The van der Waals surface area contributed by atoms with Gasteiger partial charge in [0.2, 0.25) is 0 Å². The molecule has 0 saturated heterocycles. The summed E-state index contributed by atoms with van der Waals surface area (Å²) in [5.41, 5.74) is 0. The highest BCUT2D eigenvalue weighted by Crippen LogP contribution is 2.28. The number of nitrogens with zero attached hydrogens (tertiary/aromatic N) is 1. The Morgan fingerprint density at radius 2 is 1.33 bits per heavy atom. The maximum absolute atomic E-state index is 5.20. The smallest absolute Gasteiger partial charge is 0.0462 e. The van der Waals surface area contributed by atoms with E-state index in [0.29, 0.717) is 0 Å². The van der Waals surface area contributed by atoms with Crippen molar-refractivity contribution in [2.45, 2.75) is 103 Å². The van der Waals surface area contributed by atoms with Crippen molar-refractivity contribution in [3.05, 3.63) is 0 Å². The number of hydrogen-bond donors (Lipinski definition) is 0. The van der Waals surface area contributed by atoms with Crippen molar-refractivity contribution < 1.29 is 4.74 Å². The molecule has 0 aromatic heterocycles. The van der Waals surface area contributed by atoms with Crippen molar-refractivity contribution in [1.82, 2.24) is 4.90 Å². The average Bonchev–Trinajstić information content (AvgIpc) is 3.11. The summed E-state index contributed by atoms with van der Waals surface area (Å²) in [5, 5.41) is 0. The van der Waals surface area contributed by atoms with Crippen LogP contribution >= 0.6 is 0 Å². The summed E-state index contributed by atoms with van der Waals surface area (Å²) < 4.78 is 5.20. The lowest BCUT2D eigenvalue weighted by Gasteiger charge is -2.22. The Kier molecular flexibility index (Phi) is 15.0. The molecule has 0 bridgehead atoms. The fraction of sp³-hybridized carbons (Fsp3) is 1.00. The third-order valence-corrected chi connectivity index (χ3v) is 5.71. The lowest BCUT2D eigenvalue weighted by Crippen LogP contribution is -2.27. The van der Waals surface area contributed by atoms with Crippen LogP contribution in [0.4, 0.5) is 0 Å². The molecule has 0 aliphatic heterocycles. The van der Waals surface area contributed by atoms with Crippen LogP contribution < -0.4 is 0 Å². The minimum absolute atomic E-state index is 0.923. The first kappa shape index (κ1) is 22.0. The fourth-order valence-corrected chi connectivity index (χ4v) is 4.10. The zero-order valence-electron chi connectivity index (χ0n) is 16.9. The Hall–Kier alpha value is -0.0800. The Bertz CT molecular complexity index is 250. The number of rotatable bonds is 17. The Morgan fingerprint density at radius 1 is 0.750 bits per heavy atom. The van der Waals surface area contributed by atoms with Crippen molar-refractivity contribution in [2.24, 2.45) is 5.92 Å². The average molecular weight is 340 g/mol. The minimum Gasteiger partial charge on any atom is -0.385 e. The summed E-state index contributed by atoms with van der Waals surface area (Å²) >= 11 is 0. The zero-order chi connectivity index (χ0) is 17.3. The second-order valence-corrected chi connectivity index (χ2v) is 7.96. The molecule has 0 spiro atoms. The summed E-state index contributed by atoms with van der Waals surface area (Å²) in [5.74, 6) is 1.07. The van der Waals surface area contributed by atoms with Gasteiger partial charge in [0.1, 0.15) is 0 Å². The molecule has 1 rings (SSSR count). The van der Waals surface area contributed by atoms with Crippen molar-refractivity contribution in [3.8, 4) is 0 Å². The molecule has 2 nitrogen and oxygen atoms in total. The van der Waals surface area contributed by atoms with Crippen LogP contribution in [0.25, 0.3) is 0 Å². The van der Waals surface area contributed by atoms with Gasteiger partial charge in [-0.2, -0.15) is 0 Å². The van der Waals surface area contributed by atoms with E-state index in [0.717, 1.165) is 12.5 Å². The van der Waals surface area contributed by atoms with Crippen molar-refractivity contribution in [2.75, 3.05) is 33.4 Å². The SMILES string of the molecule is CCCCCCCCN(CCCCOC)CCCCC1CCCC1. The zero-order valence-corrected chi connectivity index (χ0v) is 16.9. The molecule has 1 saturated carbocycles. The Morgan fingerprint density at radius 3 is 2.00 bits per heavy atom. The van der Waals surface area contributed by atoms with E-state index in [1.54, 1.807) is 0 Å². The van der Waals surface area contributed by atoms with Crippen LogP contribution in [0.3, 0.4) is 0 Å². The number of hydrogen-bond acceptors (Lipinski definition) is 2. The van der Waals surface area contributed by atoms with Gasteiger partial charge in [-0.3, -0.25) is 0 Å². The van der Waals surface area contributed by atoms with E-state index in [1.807, 2.05) is 7.11 Å². The molecule has 0 atom stereocenters. The van der Waals surface area contributed by atoms with Gasteiger partial charge in [-0.25, -0.2) is 0 Å². The highest BCUT2D eigenvalue weighted by atomic mass is 16.5. The first-order valence-corrected chi connectivity index (χ1v) is 11.1. The third kappa shape index (κ3) is 12.3. The number of methoxy groups -OCH3 is 1. The van der Waals surface area contributed by atoms with Gasteiger partial charge < -0.3 is 9.64 Å². The van der Waals surface area contributed by atoms with Gasteiger partial charge in [-0.15, -0.1) is 0 Å². The maximum Gasteiger partial charge on any atom is 0.0462 e. The van der Waals surface area contributed by atoms with E-state index in [2.05, 4.69) is 11.8 Å². The predicted molar refractivity (Wildman–Crippen MR) is 107 cm³/mol. The topological polar surface area (TPSA) is 12.5 Å². The number of unbranched alkanes of at least 4 members (excludes halogenated alkanes) is 7. The molecule has 1 aliphatic rings. The minimum atomic E-state index is 0.923. The molecule has 0 amide bonds. The van der Waals surface area contributed by atoms with E-state index in [1.165, 1.54) is 116 Å². The molecular formula is C22H45NO. The Labute approximate surface area is 152 Å². The highest BCUT2D eigenvalue weighted by Gasteiger charge is 2.14. The normalized spacial score (nSPS) is 15.6. The fourth-order valence-electron chi connectivity index (χ4n) is 4.10. The highest BCUT2D eigenvalue weighted by molar-refractivity contribution is 4.68. The third-order valence-electron chi connectivity index (χ3n) is 5.71. The first-order valence-electron chi connectivity index (χ1n) is 11.1. The van der Waals surface area contributed by atoms with Crippen molar-refractivity contribution >= 4 is 0 Å². The first-order chi connectivity index (χ1) is 11.9. The second kappa shape index (κ2) is 16.4. The molecule has 0 heterocycles. The Balaban J connectivity index is 2.08. The lowest BCUT2D eigenvalue weighted by atomic mass is 10.0. The van der Waals surface area contributed by atoms with E-state index in [-0.39, 0.29) is 0 Å². The molecule has 0 N–H and O–H groups in total. The predicted octanol–water partition coefficient (Wildman–Crippen LogP) is 6.44.